The van der Waals surface area contributed by atoms with Crippen LogP contribution in [0.2, 0.25) is 10.0 Å². The fraction of sp³-hybridized carbons (Fsp3) is 0.138. The molecule has 0 unspecified atom stereocenters. The van der Waals surface area contributed by atoms with E-state index in [2.05, 4.69) is 91.3 Å². The molecule has 0 radical (unpaired) electrons. The van der Waals surface area contributed by atoms with Crippen molar-refractivity contribution in [1.29, 1.82) is 0 Å². The van der Waals surface area contributed by atoms with E-state index in [1.54, 1.807) is 6.07 Å². The van der Waals surface area contributed by atoms with Crippen LogP contribution in [0.1, 0.15) is 39.6 Å². The molecule has 1 aromatic heterocycles. The molecule has 5 aromatic rings. The Morgan fingerprint density at radius 3 is 2.33 bits per heavy atom. The Balaban J connectivity index is 1.68. The van der Waals surface area contributed by atoms with E-state index in [0.29, 0.717) is 16.6 Å². The summed E-state index contributed by atoms with van der Waals surface area (Å²) in [6, 6.07) is 31.5. The summed E-state index contributed by atoms with van der Waals surface area (Å²) in [4.78, 5) is 0. The summed E-state index contributed by atoms with van der Waals surface area (Å²) in [6.07, 6.45) is 0. The van der Waals surface area contributed by atoms with E-state index in [-0.39, 0.29) is 5.92 Å². The van der Waals surface area contributed by atoms with Gasteiger partial charge in [0.25, 0.3) is 0 Å². The molecule has 5 rings (SSSR count). The van der Waals surface area contributed by atoms with Crippen molar-refractivity contribution in [2.24, 2.45) is 0 Å². The van der Waals surface area contributed by atoms with Crippen LogP contribution in [0.3, 0.4) is 0 Å². The second-order valence-electron chi connectivity index (χ2n) is 8.39. The lowest BCUT2D eigenvalue weighted by atomic mass is 9.82. The monoisotopic (exact) mass is 470 g/mol. The van der Waals surface area contributed by atoms with Gasteiger partial charge in [-0.05, 0) is 53.4 Å². The maximum absolute atomic E-state index is 6.47. The van der Waals surface area contributed by atoms with E-state index in [1.165, 1.54) is 27.5 Å². The molecule has 2 nitrogen and oxygen atoms in total. The number of nitrogens with zero attached hydrogens (tertiary/aromatic N) is 2. The third kappa shape index (κ3) is 4.17. The van der Waals surface area contributed by atoms with Crippen LogP contribution in [0, 0.1) is 13.8 Å². The van der Waals surface area contributed by atoms with Gasteiger partial charge in [0, 0.05) is 27.2 Å². The summed E-state index contributed by atoms with van der Waals surface area (Å²) in [7, 11) is 0. The average Bonchev–Trinajstić information content (AvgIpc) is 3.10. The molecule has 0 bridgehead atoms. The number of halogens is 2. The first-order valence-corrected chi connectivity index (χ1v) is 11.8. The van der Waals surface area contributed by atoms with Gasteiger partial charge in [0.2, 0.25) is 0 Å². The van der Waals surface area contributed by atoms with Gasteiger partial charge in [-0.25, -0.2) is 0 Å². The number of aromatic nitrogens is 2. The molecule has 4 heteroatoms. The molecule has 0 aliphatic rings. The van der Waals surface area contributed by atoms with Gasteiger partial charge in [-0.1, -0.05) is 102 Å². The van der Waals surface area contributed by atoms with Crippen LogP contribution in [0.15, 0.2) is 91.0 Å². The van der Waals surface area contributed by atoms with E-state index in [4.69, 9.17) is 28.3 Å². The van der Waals surface area contributed by atoms with Crippen LogP contribution >= 0.6 is 23.2 Å². The molecule has 164 valence electrons. The normalized spacial score (nSPS) is 12.2. The fourth-order valence-corrected chi connectivity index (χ4v) is 5.21. The molecule has 4 aromatic carbocycles. The Bertz CT molecular complexity index is 1430. The summed E-state index contributed by atoms with van der Waals surface area (Å²) in [5.74, 6) is 0.0757. The topological polar surface area (TPSA) is 17.8 Å². The highest BCUT2D eigenvalue weighted by atomic mass is 35.5. The first kappa shape index (κ1) is 21.8. The summed E-state index contributed by atoms with van der Waals surface area (Å²) in [5.41, 5.74) is 6.95. The molecule has 0 N–H and O–H groups in total. The largest absolute Gasteiger partial charge is 0.265 e. The number of benzene rings is 4. The van der Waals surface area contributed by atoms with Crippen molar-refractivity contribution in [2.75, 3.05) is 0 Å². The zero-order chi connectivity index (χ0) is 22.9. The smallest absolute Gasteiger partial charge is 0.0677 e. The molecule has 0 fully saturated rings. The van der Waals surface area contributed by atoms with Gasteiger partial charge in [0.1, 0.15) is 0 Å². The summed E-state index contributed by atoms with van der Waals surface area (Å²) in [6.45, 7) is 4.85. The zero-order valence-corrected chi connectivity index (χ0v) is 20.1. The highest BCUT2D eigenvalue weighted by Crippen LogP contribution is 2.39. The molecule has 0 aliphatic carbocycles. The molecule has 1 atom stereocenters. The predicted molar refractivity (Wildman–Crippen MR) is 139 cm³/mol. The van der Waals surface area contributed by atoms with Crippen molar-refractivity contribution in [2.45, 2.75) is 26.3 Å². The van der Waals surface area contributed by atoms with Crippen LogP contribution < -0.4 is 0 Å². The van der Waals surface area contributed by atoms with Gasteiger partial charge in [-0.15, -0.1) is 0 Å². The summed E-state index contributed by atoms with van der Waals surface area (Å²) >= 11 is 12.6. The van der Waals surface area contributed by atoms with E-state index in [9.17, 15) is 0 Å². The molecule has 0 saturated carbocycles. The van der Waals surface area contributed by atoms with Crippen LogP contribution in [-0.2, 0) is 6.54 Å². The minimum absolute atomic E-state index is 0.0757. The predicted octanol–water partition coefficient (Wildman–Crippen LogP) is 8.19. The number of fused-ring (bicyclic) bond motifs is 1. The van der Waals surface area contributed by atoms with E-state index in [0.717, 1.165) is 17.0 Å². The summed E-state index contributed by atoms with van der Waals surface area (Å²) in [5, 5.41) is 8.75. The lowest BCUT2D eigenvalue weighted by Gasteiger charge is -2.21. The maximum atomic E-state index is 6.47. The molecule has 0 saturated heterocycles. The first-order valence-electron chi connectivity index (χ1n) is 11.0. The molecule has 0 aliphatic heterocycles. The third-order valence-electron chi connectivity index (χ3n) is 6.33. The molecular weight excluding hydrogens is 447 g/mol. The standard InChI is InChI=1S/C29H24Cl2N2/c1-19-28(20(2)33(32-19)18-23-15-16-24(30)17-27(23)31)29(22-10-4-3-5-11-22)26-14-8-12-21-9-6-7-13-25(21)26/h3-17,29H,18H2,1-2H3/t29-/m1/s1. The van der Waals surface area contributed by atoms with Crippen molar-refractivity contribution in [3.8, 4) is 0 Å². The van der Waals surface area contributed by atoms with Crippen LogP contribution in [0.25, 0.3) is 10.8 Å². The third-order valence-corrected chi connectivity index (χ3v) is 6.92. The van der Waals surface area contributed by atoms with Gasteiger partial charge in [0.15, 0.2) is 0 Å². The molecule has 33 heavy (non-hydrogen) atoms. The zero-order valence-electron chi connectivity index (χ0n) is 18.6. The van der Waals surface area contributed by atoms with Crippen molar-refractivity contribution in [3.63, 3.8) is 0 Å². The van der Waals surface area contributed by atoms with Gasteiger partial charge in [-0.2, -0.15) is 5.10 Å². The number of rotatable bonds is 5. The molecule has 1 heterocycles. The van der Waals surface area contributed by atoms with Gasteiger partial charge < -0.3 is 0 Å². The minimum atomic E-state index is 0.0757. The van der Waals surface area contributed by atoms with Gasteiger partial charge >= 0.3 is 0 Å². The van der Waals surface area contributed by atoms with Crippen LogP contribution in [0.4, 0.5) is 0 Å². The number of hydrogen-bond donors (Lipinski definition) is 0. The lowest BCUT2D eigenvalue weighted by Crippen LogP contribution is -2.08. The van der Waals surface area contributed by atoms with Gasteiger partial charge in [-0.3, -0.25) is 4.68 Å². The van der Waals surface area contributed by atoms with E-state index < -0.39 is 0 Å². The Morgan fingerprint density at radius 2 is 1.55 bits per heavy atom. The van der Waals surface area contributed by atoms with Gasteiger partial charge in [0.05, 0.1) is 12.2 Å². The number of aryl methyl sites for hydroxylation is 1. The summed E-state index contributed by atoms with van der Waals surface area (Å²) < 4.78 is 2.06. The fourth-order valence-electron chi connectivity index (χ4n) is 4.74. The van der Waals surface area contributed by atoms with Crippen molar-refractivity contribution in [3.05, 3.63) is 135 Å². The minimum Gasteiger partial charge on any atom is -0.265 e. The SMILES string of the molecule is Cc1nn(Cc2ccc(Cl)cc2Cl)c(C)c1[C@H](c1ccccc1)c1cccc2ccccc12. The Morgan fingerprint density at radius 1 is 0.818 bits per heavy atom. The Hall–Kier alpha value is -3.07. The molecule has 0 amide bonds. The van der Waals surface area contributed by atoms with E-state index in [1.807, 2.05) is 12.1 Å². The van der Waals surface area contributed by atoms with Crippen LogP contribution in [-0.4, -0.2) is 9.78 Å². The number of hydrogen-bond acceptors (Lipinski definition) is 1. The Kier molecular flexibility index (Phi) is 5.97. The second-order valence-corrected chi connectivity index (χ2v) is 9.23. The van der Waals surface area contributed by atoms with Crippen molar-refractivity contribution in [1.82, 2.24) is 9.78 Å². The highest BCUT2D eigenvalue weighted by molar-refractivity contribution is 6.35. The van der Waals surface area contributed by atoms with Crippen LogP contribution in [0.5, 0.6) is 0 Å². The van der Waals surface area contributed by atoms with E-state index >= 15 is 0 Å². The first-order chi connectivity index (χ1) is 16.0. The Labute approximate surface area is 204 Å². The van der Waals surface area contributed by atoms with Crippen molar-refractivity contribution >= 4 is 34.0 Å². The maximum Gasteiger partial charge on any atom is 0.0677 e. The second kappa shape index (κ2) is 9.05. The lowest BCUT2D eigenvalue weighted by molar-refractivity contribution is 0.658. The quantitative estimate of drug-likeness (QED) is 0.253. The van der Waals surface area contributed by atoms with Crippen molar-refractivity contribution < 1.29 is 0 Å². The average molecular weight is 471 g/mol. The molecular formula is C29H24Cl2N2. The molecule has 0 spiro atoms. The highest BCUT2D eigenvalue weighted by Gasteiger charge is 2.26.